The molecule has 0 radical (unpaired) electrons. The van der Waals surface area contributed by atoms with Crippen molar-refractivity contribution in [1.82, 2.24) is 0 Å². The van der Waals surface area contributed by atoms with Crippen molar-refractivity contribution in [3.63, 3.8) is 0 Å². The van der Waals surface area contributed by atoms with Gasteiger partial charge in [-0.05, 0) is 24.5 Å². The maximum Gasteiger partial charge on any atom is 0.306 e. The Morgan fingerprint density at radius 2 is 1.83 bits per heavy atom. The molecule has 1 heterocycles. The lowest BCUT2D eigenvalue weighted by Gasteiger charge is -2.46. The lowest BCUT2D eigenvalue weighted by Crippen LogP contribution is -3.15. The van der Waals surface area contributed by atoms with E-state index in [1.165, 1.54) is 16.0 Å². The van der Waals surface area contributed by atoms with Crippen molar-refractivity contribution in [2.75, 3.05) is 13.6 Å². The SMILES string of the molecule is CCC(=O)O[C@]1(Cc2ccc(CC)cc2)C[C@@H](C)[NH+](C)C[C@@H]1C. The maximum atomic E-state index is 12.1. The molecular weight excluding hydrogens is 286 g/mol. The van der Waals surface area contributed by atoms with Crippen LogP contribution in [0.5, 0.6) is 0 Å². The molecule has 2 rings (SSSR count). The highest BCUT2D eigenvalue weighted by atomic mass is 16.6. The number of rotatable bonds is 5. The van der Waals surface area contributed by atoms with E-state index in [2.05, 4.69) is 52.1 Å². The van der Waals surface area contributed by atoms with Gasteiger partial charge in [0, 0.05) is 25.2 Å². The predicted molar refractivity (Wildman–Crippen MR) is 93.6 cm³/mol. The Bertz CT molecular complexity index is 525. The number of hydrogen-bond donors (Lipinski definition) is 1. The number of esters is 1. The smallest absolute Gasteiger partial charge is 0.306 e. The molecule has 3 nitrogen and oxygen atoms in total. The highest BCUT2D eigenvalue weighted by molar-refractivity contribution is 5.69. The summed E-state index contributed by atoms with van der Waals surface area (Å²) in [5.41, 5.74) is 2.26. The molecule has 0 saturated carbocycles. The van der Waals surface area contributed by atoms with Gasteiger partial charge in [-0.3, -0.25) is 4.79 Å². The number of likely N-dealkylation sites (tertiary alicyclic amines) is 1. The van der Waals surface area contributed by atoms with Gasteiger partial charge in [-0.2, -0.15) is 0 Å². The van der Waals surface area contributed by atoms with Gasteiger partial charge >= 0.3 is 5.97 Å². The van der Waals surface area contributed by atoms with Crippen molar-refractivity contribution in [3.05, 3.63) is 35.4 Å². The first-order valence-electron chi connectivity index (χ1n) is 9.02. The summed E-state index contributed by atoms with van der Waals surface area (Å²) in [4.78, 5) is 13.6. The molecule has 1 aliphatic rings. The minimum Gasteiger partial charge on any atom is -0.458 e. The average Bonchev–Trinajstić information content (AvgIpc) is 2.53. The number of quaternary nitrogens is 1. The second-order valence-corrected chi connectivity index (χ2v) is 7.30. The highest BCUT2D eigenvalue weighted by Gasteiger charge is 2.48. The van der Waals surface area contributed by atoms with Crippen molar-refractivity contribution < 1.29 is 14.4 Å². The third-order valence-electron chi connectivity index (χ3n) is 5.56. The van der Waals surface area contributed by atoms with Crippen molar-refractivity contribution in [1.29, 1.82) is 0 Å². The fourth-order valence-electron chi connectivity index (χ4n) is 3.73. The predicted octanol–water partition coefficient (Wildman–Crippen LogP) is 2.43. The zero-order valence-electron chi connectivity index (χ0n) is 15.3. The zero-order chi connectivity index (χ0) is 17.0. The van der Waals surface area contributed by atoms with Crippen LogP contribution in [-0.4, -0.2) is 31.2 Å². The van der Waals surface area contributed by atoms with Gasteiger partial charge in [0.15, 0.2) is 0 Å². The van der Waals surface area contributed by atoms with Crippen LogP contribution in [0.25, 0.3) is 0 Å². The van der Waals surface area contributed by atoms with E-state index in [-0.39, 0.29) is 11.6 Å². The molecule has 1 fully saturated rings. The number of nitrogens with one attached hydrogen (secondary N) is 1. The maximum absolute atomic E-state index is 12.1. The largest absolute Gasteiger partial charge is 0.458 e. The second-order valence-electron chi connectivity index (χ2n) is 7.30. The summed E-state index contributed by atoms with van der Waals surface area (Å²) in [7, 11) is 2.24. The summed E-state index contributed by atoms with van der Waals surface area (Å²) in [6.45, 7) is 9.59. The van der Waals surface area contributed by atoms with E-state index in [9.17, 15) is 4.79 Å². The zero-order valence-corrected chi connectivity index (χ0v) is 15.3. The molecule has 0 aliphatic carbocycles. The van der Waals surface area contributed by atoms with Crippen molar-refractivity contribution in [3.8, 4) is 0 Å². The Morgan fingerprint density at radius 3 is 2.39 bits per heavy atom. The van der Waals surface area contributed by atoms with Gasteiger partial charge in [0.05, 0.1) is 19.6 Å². The number of carbonyl (C=O) groups is 1. The molecule has 128 valence electrons. The fraction of sp³-hybridized carbons (Fsp3) is 0.650. The number of carbonyl (C=O) groups excluding carboxylic acids is 1. The summed E-state index contributed by atoms with van der Waals surface area (Å²) in [6, 6.07) is 9.29. The highest BCUT2D eigenvalue weighted by Crippen LogP contribution is 2.33. The summed E-state index contributed by atoms with van der Waals surface area (Å²) >= 11 is 0. The van der Waals surface area contributed by atoms with E-state index < -0.39 is 0 Å². The fourth-order valence-corrected chi connectivity index (χ4v) is 3.73. The van der Waals surface area contributed by atoms with Crippen LogP contribution in [0.3, 0.4) is 0 Å². The van der Waals surface area contributed by atoms with Crippen molar-refractivity contribution in [2.45, 2.75) is 65.0 Å². The van der Waals surface area contributed by atoms with E-state index in [4.69, 9.17) is 4.74 Å². The van der Waals surface area contributed by atoms with Crippen LogP contribution in [0.4, 0.5) is 0 Å². The number of hydrogen-bond acceptors (Lipinski definition) is 2. The van der Waals surface area contributed by atoms with Crippen LogP contribution in [0.1, 0.15) is 51.7 Å². The lowest BCUT2D eigenvalue weighted by atomic mass is 9.75. The van der Waals surface area contributed by atoms with E-state index in [0.29, 0.717) is 18.4 Å². The van der Waals surface area contributed by atoms with Gasteiger partial charge < -0.3 is 9.64 Å². The second kappa shape index (κ2) is 7.48. The Labute approximate surface area is 141 Å². The monoisotopic (exact) mass is 318 g/mol. The normalized spacial score (nSPS) is 30.9. The van der Waals surface area contributed by atoms with Gasteiger partial charge in [0.2, 0.25) is 0 Å². The van der Waals surface area contributed by atoms with Gasteiger partial charge in [-0.25, -0.2) is 0 Å². The summed E-state index contributed by atoms with van der Waals surface area (Å²) in [6.07, 6.45) is 3.25. The Morgan fingerprint density at radius 1 is 1.22 bits per heavy atom. The molecule has 3 heteroatoms. The Hall–Kier alpha value is -1.35. The van der Waals surface area contributed by atoms with Gasteiger partial charge in [0.25, 0.3) is 0 Å². The average molecular weight is 318 g/mol. The van der Waals surface area contributed by atoms with E-state index in [1.54, 1.807) is 0 Å². The van der Waals surface area contributed by atoms with E-state index in [0.717, 1.165) is 25.8 Å². The molecule has 0 amide bonds. The molecule has 1 unspecified atom stereocenters. The number of piperidine rings is 1. The Kier molecular flexibility index (Phi) is 5.85. The summed E-state index contributed by atoms with van der Waals surface area (Å²) < 4.78 is 6.07. The first kappa shape index (κ1) is 18.0. The summed E-state index contributed by atoms with van der Waals surface area (Å²) in [5.74, 6) is 0.286. The molecule has 4 atom stereocenters. The van der Waals surface area contributed by atoms with Gasteiger partial charge in [-0.1, -0.05) is 45.0 Å². The molecule has 23 heavy (non-hydrogen) atoms. The quantitative estimate of drug-likeness (QED) is 0.845. The topological polar surface area (TPSA) is 30.7 Å². The molecule has 1 saturated heterocycles. The number of ether oxygens (including phenoxy) is 1. The standard InChI is InChI=1S/C20H31NO2/c1-6-17-8-10-18(11-9-17)13-20(23-19(22)7-2)12-16(4)21(5)14-15(20)3/h8-11,15-16H,6-7,12-14H2,1-5H3/p+1/t15-,16+,20-/m0/s1. The summed E-state index contributed by atoms with van der Waals surface area (Å²) in [5, 5.41) is 0. The molecule has 0 bridgehead atoms. The molecule has 1 aromatic rings. The Balaban J connectivity index is 2.27. The van der Waals surface area contributed by atoms with Crippen molar-refractivity contribution in [2.24, 2.45) is 5.92 Å². The molecule has 0 aromatic heterocycles. The molecular formula is C20H32NO2+. The van der Waals surface area contributed by atoms with Crippen molar-refractivity contribution >= 4 is 5.97 Å². The van der Waals surface area contributed by atoms with E-state index >= 15 is 0 Å². The number of benzene rings is 1. The van der Waals surface area contributed by atoms with Crippen LogP contribution in [0, 0.1) is 5.92 Å². The van der Waals surface area contributed by atoms with E-state index in [1.807, 2.05) is 6.92 Å². The third kappa shape index (κ3) is 4.14. The molecule has 0 spiro atoms. The molecule has 1 aliphatic heterocycles. The number of aryl methyl sites for hydroxylation is 1. The first-order chi connectivity index (χ1) is 10.9. The van der Waals surface area contributed by atoms with Gasteiger partial charge in [0.1, 0.15) is 5.60 Å². The molecule has 1 aromatic carbocycles. The first-order valence-corrected chi connectivity index (χ1v) is 9.02. The van der Waals surface area contributed by atoms with Crippen LogP contribution in [0.15, 0.2) is 24.3 Å². The van der Waals surface area contributed by atoms with Gasteiger partial charge in [-0.15, -0.1) is 0 Å². The minimum atomic E-state index is -0.361. The van der Waals surface area contributed by atoms with Crippen LogP contribution in [0.2, 0.25) is 0 Å². The molecule has 1 N–H and O–H groups in total. The minimum absolute atomic E-state index is 0.0752. The van der Waals surface area contributed by atoms with Crippen LogP contribution >= 0.6 is 0 Å². The van der Waals surface area contributed by atoms with Crippen LogP contribution < -0.4 is 4.90 Å². The lowest BCUT2D eigenvalue weighted by molar-refractivity contribution is -0.915. The van der Waals surface area contributed by atoms with Crippen LogP contribution in [-0.2, 0) is 22.4 Å². The third-order valence-corrected chi connectivity index (χ3v) is 5.56.